The van der Waals surface area contributed by atoms with Crippen molar-refractivity contribution < 1.29 is 19.1 Å². The standard InChI is InChI=1S/C23H27Cl2NO4S/c1-5-17(30-18-11-14(24)7-9-16(18)25)21(27)26-22-20(23(28)29-12(2)3)15-8-6-13(4)10-19(15)31-22/h7,9,11-13,17H,5-6,8,10H2,1-4H3,(H,26,27)/t13-,17+/m0/s1. The fourth-order valence-electron chi connectivity index (χ4n) is 3.56. The Kier molecular flexibility index (Phi) is 7.89. The van der Waals surface area contributed by atoms with Crippen molar-refractivity contribution in [3.63, 3.8) is 0 Å². The summed E-state index contributed by atoms with van der Waals surface area (Å²) in [5, 5.41) is 4.28. The molecule has 8 heteroatoms. The van der Waals surface area contributed by atoms with Crippen LogP contribution in [0.3, 0.4) is 0 Å². The normalized spacial score (nSPS) is 16.5. The summed E-state index contributed by atoms with van der Waals surface area (Å²) in [4.78, 5) is 27.1. The van der Waals surface area contributed by atoms with E-state index in [9.17, 15) is 9.59 Å². The van der Waals surface area contributed by atoms with Crippen LogP contribution in [0.25, 0.3) is 0 Å². The van der Waals surface area contributed by atoms with Gasteiger partial charge in [0, 0.05) is 16.0 Å². The number of nitrogens with one attached hydrogen (secondary N) is 1. The maximum absolute atomic E-state index is 13.1. The topological polar surface area (TPSA) is 64.6 Å². The molecule has 168 valence electrons. The number of hydrogen-bond donors (Lipinski definition) is 1. The van der Waals surface area contributed by atoms with Crippen LogP contribution in [0, 0.1) is 5.92 Å². The van der Waals surface area contributed by atoms with Gasteiger partial charge in [-0.3, -0.25) is 4.79 Å². The van der Waals surface area contributed by atoms with Gasteiger partial charge in [-0.15, -0.1) is 11.3 Å². The molecule has 0 fully saturated rings. The van der Waals surface area contributed by atoms with Gasteiger partial charge in [-0.25, -0.2) is 4.79 Å². The van der Waals surface area contributed by atoms with Gasteiger partial charge in [0.1, 0.15) is 10.8 Å². The molecule has 0 aliphatic heterocycles. The molecule has 1 N–H and O–H groups in total. The van der Waals surface area contributed by atoms with E-state index in [0.717, 1.165) is 29.7 Å². The van der Waals surface area contributed by atoms with E-state index in [4.69, 9.17) is 32.7 Å². The van der Waals surface area contributed by atoms with Crippen LogP contribution >= 0.6 is 34.5 Å². The number of anilines is 1. The molecule has 0 saturated heterocycles. The van der Waals surface area contributed by atoms with Crippen LogP contribution in [0.15, 0.2) is 18.2 Å². The minimum absolute atomic E-state index is 0.245. The maximum atomic E-state index is 13.1. The van der Waals surface area contributed by atoms with Crippen molar-refractivity contribution in [1.29, 1.82) is 0 Å². The highest BCUT2D eigenvalue weighted by Gasteiger charge is 2.31. The SMILES string of the molecule is CC[C@@H](Oc1cc(Cl)ccc1Cl)C(=O)Nc1sc2c(c1C(=O)OC(C)C)CC[C@H](C)C2. The fraction of sp³-hybridized carbons (Fsp3) is 0.478. The molecule has 5 nitrogen and oxygen atoms in total. The number of carbonyl (C=O) groups is 2. The van der Waals surface area contributed by atoms with E-state index < -0.39 is 12.1 Å². The van der Waals surface area contributed by atoms with Crippen molar-refractivity contribution in [2.24, 2.45) is 5.92 Å². The molecule has 1 aromatic carbocycles. The smallest absolute Gasteiger partial charge is 0.341 e. The Morgan fingerprint density at radius 2 is 2.03 bits per heavy atom. The van der Waals surface area contributed by atoms with E-state index in [-0.39, 0.29) is 12.0 Å². The first-order valence-electron chi connectivity index (χ1n) is 10.5. The van der Waals surface area contributed by atoms with Crippen LogP contribution < -0.4 is 10.1 Å². The van der Waals surface area contributed by atoms with Crippen LogP contribution in [0.4, 0.5) is 5.00 Å². The third-order valence-corrected chi connectivity index (χ3v) is 6.84. The first-order valence-corrected chi connectivity index (χ1v) is 12.0. The Bertz CT molecular complexity index is 973. The van der Waals surface area contributed by atoms with Gasteiger partial charge in [0.25, 0.3) is 5.91 Å². The van der Waals surface area contributed by atoms with Gasteiger partial charge in [-0.05, 0) is 63.1 Å². The zero-order chi connectivity index (χ0) is 22.7. The van der Waals surface area contributed by atoms with E-state index in [1.54, 1.807) is 18.2 Å². The first-order chi connectivity index (χ1) is 14.7. The highest BCUT2D eigenvalue weighted by molar-refractivity contribution is 7.17. The molecule has 1 aromatic heterocycles. The Balaban J connectivity index is 1.86. The van der Waals surface area contributed by atoms with Crippen LogP contribution in [-0.4, -0.2) is 24.1 Å². The summed E-state index contributed by atoms with van der Waals surface area (Å²) in [6.07, 6.45) is 2.09. The van der Waals surface area contributed by atoms with E-state index in [1.807, 2.05) is 20.8 Å². The summed E-state index contributed by atoms with van der Waals surface area (Å²) in [5.41, 5.74) is 1.47. The van der Waals surface area contributed by atoms with Gasteiger partial charge >= 0.3 is 5.97 Å². The van der Waals surface area contributed by atoms with Crippen molar-refractivity contribution in [1.82, 2.24) is 0 Å². The second-order valence-corrected chi connectivity index (χ2v) is 10.0. The number of halogens is 2. The summed E-state index contributed by atoms with van der Waals surface area (Å²) in [6.45, 7) is 7.67. The monoisotopic (exact) mass is 483 g/mol. The van der Waals surface area contributed by atoms with Crippen molar-refractivity contribution in [3.8, 4) is 5.75 Å². The van der Waals surface area contributed by atoms with Crippen LogP contribution in [0.5, 0.6) is 5.75 Å². The van der Waals surface area contributed by atoms with Crippen molar-refractivity contribution in [2.45, 2.75) is 65.6 Å². The number of amides is 1. The number of fused-ring (bicyclic) bond motifs is 1. The van der Waals surface area contributed by atoms with Gasteiger partial charge in [-0.2, -0.15) is 0 Å². The number of hydrogen-bond acceptors (Lipinski definition) is 5. The van der Waals surface area contributed by atoms with Gasteiger partial charge in [0.2, 0.25) is 0 Å². The Morgan fingerprint density at radius 3 is 2.71 bits per heavy atom. The van der Waals surface area contributed by atoms with E-state index in [0.29, 0.717) is 38.7 Å². The summed E-state index contributed by atoms with van der Waals surface area (Å²) in [5.74, 6) is 0.142. The highest BCUT2D eigenvalue weighted by Crippen LogP contribution is 2.40. The molecule has 3 rings (SSSR count). The molecular formula is C23H27Cl2NO4S. The van der Waals surface area contributed by atoms with Crippen molar-refractivity contribution >= 4 is 51.4 Å². The van der Waals surface area contributed by atoms with E-state index in [2.05, 4.69) is 12.2 Å². The van der Waals surface area contributed by atoms with Gasteiger partial charge < -0.3 is 14.8 Å². The Morgan fingerprint density at radius 1 is 1.29 bits per heavy atom. The molecule has 1 heterocycles. The largest absolute Gasteiger partial charge is 0.479 e. The summed E-state index contributed by atoms with van der Waals surface area (Å²) < 4.78 is 11.3. The maximum Gasteiger partial charge on any atom is 0.341 e. The number of benzene rings is 1. The lowest BCUT2D eigenvalue weighted by molar-refractivity contribution is -0.122. The zero-order valence-corrected chi connectivity index (χ0v) is 20.4. The van der Waals surface area contributed by atoms with E-state index >= 15 is 0 Å². The minimum Gasteiger partial charge on any atom is -0.479 e. The number of thiophene rings is 1. The minimum atomic E-state index is -0.789. The van der Waals surface area contributed by atoms with Crippen LogP contribution in [0.1, 0.15) is 61.3 Å². The number of rotatable bonds is 7. The first kappa shape index (κ1) is 23.9. The quantitative estimate of drug-likeness (QED) is 0.453. The molecule has 2 atom stereocenters. The van der Waals surface area contributed by atoms with Gasteiger partial charge in [0.05, 0.1) is 16.7 Å². The lowest BCUT2D eigenvalue weighted by Crippen LogP contribution is -2.32. The number of ether oxygens (including phenoxy) is 2. The summed E-state index contributed by atoms with van der Waals surface area (Å²) in [7, 11) is 0. The molecule has 0 spiro atoms. The lowest BCUT2D eigenvalue weighted by Gasteiger charge is -2.19. The average Bonchev–Trinajstić information content (AvgIpc) is 3.04. The third kappa shape index (κ3) is 5.73. The summed E-state index contributed by atoms with van der Waals surface area (Å²) in [6, 6.07) is 4.86. The molecule has 31 heavy (non-hydrogen) atoms. The van der Waals surface area contributed by atoms with Crippen molar-refractivity contribution in [2.75, 3.05) is 5.32 Å². The molecule has 0 bridgehead atoms. The Labute approximate surface area is 197 Å². The van der Waals surface area contributed by atoms with Crippen molar-refractivity contribution in [3.05, 3.63) is 44.2 Å². The van der Waals surface area contributed by atoms with Crippen LogP contribution in [-0.2, 0) is 22.4 Å². The fourth-order valence-corrected chi connectivity index (χ4v) is 5.29. The van der Waals surface area contributed by atoms with Gasteiger partial charge in [0.15, 0.2) is 6.10 Å². The lowest BCUT2D eigenvalue weighted by atomic mass is 9.88. The highest BCUT2D eigenvalue weighted by atomic mass is 35.5. The third-order valence-electron chi connectivity index (χ3n) is 5.12. The predicted molar refractivity (Wildman–Crippen MR) is 126 cm³/mol. The molecule has 0 radical (unpaired) electrons. The number of esters is 1. The second-order valence-electron chi connectivity index (χ2n) is 8.09. The number of carbonyl (C=O) groups excluding carboxylic acids is 2. The molecule has 0 saturated carbocycles. The predicted octanol–water partition coefficient (Wildman–Crippen LogP) is 6.54. The molecule has 0 unspecified atom stereocenters. The molecule has 1 aliphatic rings. The molecule has 1 aliphatic carbocycles. The second kappa shape index (κ2) is 10.2. The zero-order valence-electron chi connectivity index (χ0n) is 18.1. The van der Waals surface area contributed by atoms with E-state index in [1.165, 1.54) is 11.3 Å². The van der Waals surface area contributed by atoms with Crippen LogP contribution in [0.2, 0.25) is 10.0 Å². The summed E-state index contributed by atoms with van der Waals surface area (Å²) >= 11 is 13.7. The average molecular weight is 484 g/mol. The Hall–Kier alpha value is -1.76. The molecule has 1 amide bonds. The van der Waals surface area contributed by atoms with Gasteiger partial charge in [-0.1, -0.05) is 37.0 Å². The molecule has 2 aromatic rings. The molecular weight excluding hydrogens is 457 g/mol.